The lowest BCUT2D eigenvalue weighted by Gasteiger charge is -2.39. The Morgan fingerprint density at radius 3 is 2.53 bits per heavy atom. The molecule has 0 unspecified atom stereocenters. The molecule has 1 aromatic heterocycles. The highest BCUT2D eigenvalue weighted by Gasteiger charge is 2.43. The molecule has 2 amide bonds. The number of hydrogen-bond acceptors (Lipinski definition) is 4. The lowest BCUT2D eigenvalue weighted by molar-refractivity contribution is -0.0712. The van der Waals surface area contributed by atoms with Crippen LogP contribution in [0.3, 0.4) is 0 Å². The maximum absolute atomic E-state index is 13.3. The Balaban J connectivity index is 1.27. The zero-order chi connectivity index (χ0) is 21.1. The first-order valence-electron chi connectivity index (χ1n) is 10.1. The summed E-state index contributed by atoms with van der Waals surface area (Å²) in [7, 11) is 0. The Bertz CT molecular complexity index is 910. The van der Waals surface area contributed by atoms with Gasteiger partial charge < -0.3 is 15.0 Å². The van der Waals surface area contributed by atoms with E-state index in [1.165, 1.54) is 0 Å². The molecule has 4 rings (SSSR count). The van der Waals surface area contributed by atoms with Gasteiger partial charge in [-0.2, -0.15) is 0 Å². The SMILES string of the molecule is O=C(NC[C@H]1CCC2(CCN(C(=O)c3ccccn3)CC2)O1)c1cc(F)cc(F)c1. The predicted octanol–water partition coefficient (Wildman–Crippen LogP) is 2.94. The molecule has 1 atom stereocenters. The minimum absolute atomic E-state index is 0.0541. The number of pyridine rings is 1. The number of nitrogens with zero attached hydrogens (tertiary/aromatic N) is 2. The van der Waals surface area contributed by atoms with Crippen LogP contribution in [0, 0.1) is 11.6 Å². The number of rotatable bonds is 4. The van der Waals surface area contributed by atoms with Gasteiger partial charge in [-0.3, -0.25) is 14.6 Å². The van der Waals surface area contributed by atoms with Gasteiger partial charge >= 0.3 is 0 Å². The van der Waals surface area contributed by atoms with Crippen LogP contribution in [0.4, 0.5) is 8.78 Å². The molecule has 1 spiro atoms. The van der Waals surface area contributed by atoms with Crippen LogP contribution in [-0.4, -0.2) is 53.0 Å². The van der Waals surface area contributed by atoms with Crippen molar-refractivity contribution >= 4 is 11.8 Å². The van der Waals surface area contributed by atoms with Crippen molar-refractivity contribution in [3.63, 3.8) is 0 Å². The third-order valence-electron chi connectivity index (χ3n) is 5.80. The first-order valence-corrected chi connectivity index (χ1v) is 10.1. The number of nitrogens with one attached hydrogen (secondary N) is 1. The molecule has 158 valence electrons. The number of halogens is 2. The van der Waals surface area contributed by atoms with Gasteiger partial charge in [0, 0.05) is 37.5 Å². The summed E-state index contributed by atoms with van der Waals surface area (Å²) < 4.78 is 32.8. The van der Waals surface area contributed by atoms with Crippen molar-refractivity contribution in [3.05, 3.63) is 65.5 Å². The van der Waals surface area contributed by atoms with Gasteiger partial charge in [-0.05, 0) is 49.9 Å². The van der Waals surface area contributed by atoms with E-state index in [-0.39, 0.29) is 29.7 Å². The number of hydrogen-bond donors (Lipinski definition) is 1. The van der Waals surface area contributed by atoms with Gasteiger partial charge in [0.1, 0.15) is 17.3 Å². The lowest BCUT2D eigenvalue weighted by Crippen LogP contribution is -2.47. The number of likely N-dealkylation sites (tertiary alicyclic amines) is 1. The fraction of sp³-hybridized carbons (Fsp3) is 0.409. The highest BCUT2D eigenvalue weighted by atomic mass is 19.1. The van der Waals surface area contributed by atoms with Gasteiger partial charge in [0.25, 0.3) is 11.8 Å². The third-order valence-corrected chi connectivity index (χ3v) is 5.80. The van der Waals surface area contributed by atoms with E-state index in [0.29, 0.717) is 18.8 Å². The van der Waals surface area contributed by atoms with Crippen molar-refractivity contribution < 1.29 is 23.1 Å². The topological polar surface area (TPSA) is 71.5 Å². The van der Waals surface area contributed by atoms with E-state index in [0.717, 1.165) is 43.9 Å². The van der Waals surface area contributed by atoms with E-state index < -0.39 is 17.5 Å². The highest BCUT2D eigenvalue weighted by molar-refractivity contribution is 5.94. The summed E-state index contributed by atoms with van der Waals surface area (Å²) in [6.45, 7) is 1.46. The Kier molecular flexibility index (Phi) is 5.76. The van der Waals surface area contributed by atoms with E-state index in [4.69, 9.17) is 4.74 Å². The molecule has 2 fully saturated rings. The van der Waals surface area contributed by atoms with Gasteiger partial charge in [-0.1, -0.05) is 6.07 Å². The Hall–Kier alpha value is -2.87. The van der Waals surface area contributed by atoms with E-state index in [2.05, 4.69) is 10.3 Å². The van der Waals surface area contributed by atoms with Crippen molar-refractivity contribution in [3.8, 4) is 0 Å². The van der Waals surface area contributed by atoms with Gasteiger partial charge in [0.05, 0.1) is 11.7 Å². The molecule has 2 saturated heterocycles. The predicted molar refractivity (Wildman–Crippen MR) is 105 cm³/mol. The second-order valence-corrected chi connectivity index (χ2v) is 7.84. The highest BCUT2D eigenvalue weighted by Crippen LogP contribution is 2.39. The number of ether oxygens (including phenoxy) is 1. The Morgan fingerprint density at radius 1 is 1.13 bits per heavy atom. The Labute approximate surface area is 173 Å². The molecule has 0 bridgehead atoms. The molecule has 30 heavy (non-hydrogen) atoms. The average Bonchev–Trinajstić information content (AvgIpc) is 3.14. The minimum atomic E-state index is -0.789. The van der Waals surface area contributed by atoms with Crippen LogP contribution in [0.2, 0.25) is 0 Å². The number of carbonyl (C=O) groups is 2. The van der Waals surface area contributed by atoms with E-state index in [9.17, 15) is 18.4 Å². The van der Waals surface area contributed by atoms with E-state index in [1.54, 1.807) is 29.3 Å². The molecule has 8 heteroatoms. The first-order chi connectivity index (χ1) is 14.4. The van der Waals surface area contributed by atoms with Crippen molar-refractivity contribution in [2.24, 2.45) is 0 Å². The first kappa shape index (κ1) is 20.4. The second-order valence-electron chi connectivity index (χ2n) is 7.84. The number of carbonyl (C=O) groups excluding carboxylic acids is 2. The second kappa shape index (κ2) is 8.47. The molecule has 3 heterocycles. The quantitative estimate of drug-likeness (QED) is 0.834. The molecule has 0 radical (unpaired) electrons. The molecule has 2 aromatic rings. The maximum Gasteiger partial charge on any atom is 0.272 e. The van der Waals surface area contributed by atoms with Crippen molar-refractivity contribution in [1.29, 1.82) is 0 Å². The van der Waals surface area contributed by atoms with Crippen LogP contribution >= 0.6 is 0 Å². The van der Waals surface area contributed by atoms with Gasteiger partial charge in [0.15, 0.2) is 0 Å². The average molecular weight is 415 g/mol. The van der Waals surface area contributed by atoms with E-state index in [1.807, 2.05) is 0 Å². The summed E-state index contributed by atoms with van der Waals surface area (Å²) in [5, 5.41) is 2.70. The molecular formula is C22H23F2N3O3. The zero-order valence-corrected chi connectivity index (χ0v) is 16.4. The van der Waals surface area contributed by atoms with Gasteiger partial charge in [0.2, 0.25) is 0 Å². The molecule has 2 aliphatic heterocycles. The number of amides is 2. The van der Waals surface area contributed by atoms with Crippen LogP contribution in [-0.2, 0) is 4.74 Å². The normalized spacial score (nSPS) is 20.3. The number of aromatic nitrogens is 1. The smallest absolute Gasteiger partial charge is 0.272 e. The summed E-state index contributed by atoms with van der Waals surface area (Å²) in [5.41, 5.74) is 0.0954. The largest absolute Gasteiger partial charge is 0.370 e. The summed E-state index contributed by atoms with van der Waals surface area (Å²) >= 11 is 0. The van der Waals surface area contributed by atoms with Crippen LogP contribution in [0.25, 0.3) is 0 Å². The molecule has 2 aliphatic rings. The lowest BCUT2D eigenvalue weighted by atomic mass is 9.88. The molecular weight excluding hydrogens is 392 g/mol. The molecule has 6 nitrogen and oxygen atoms in total. The van der Waals surface area contributed by atoms with Crippen LogP contribution < -0.4 is 5.32 Å². The van der Waals surface area contributed by atoms with Crippen LogP contribution in [0.15, 0.2) is 42.6 Å². The summed E-state index contributed by atoms with van der Waals surface area (Å²) in [6.07, 6.45) is 4.54. The summed E-state index contributed by atoms with van der Waals surface area (Å²) in [4.78, 5) is 30.6. The molecule has 1 N–H and O–H groups in total. The zero-order valence-electron chi connectivity index (χ0n) is 16.4. The van der Waals surface area contributed by atoms with E-state index >= 15 is 0 Å². The van der Waals surface area contributed by atoms with Gasteiger partial charge in [-0.15, -0.1) is 0 Å². The molecule has 0 aliphatic carbocycles. The van der Waals surface area contributed by atoms with Crippen LogP contribution in [0.5, 0.6) is 0 Å². The van der Waals surface area contributed by atoms with Crippen LogP contribution in [0.1, 0.15) is 46.5 Å². The van der Waals surface area contributed by atoms with Crippen molar-refractivity contribution in [1.82, 2.24) is 15.2 Å². The standard InChI is InChI=1S/C22H23F2N3O3/c23-16-11-15(12-17(24)13-16)20(28)26-14-18-4-5-22(30-18)6-9-27(10-7-22)21(29)19-3-1-2-8-25-19/h1-3,8,11-13,18H,4-7,9-10,14H2,(H,26,28)/t18-/m1/s1. The minimum Gasteiger partial charge on any atom is -0.370 e. The maximum atomic E-state index is 13.3. The fourth-order valence-corrected chi connectivity index (χ4v) is 4.17. The van der Waals surface area contributed by atoms with Crippen molar-refractivity contribution in [2.75, 3.05) is 19.6 Å². The number of benzene rings is 1. The number of piperidine rings is 1. The third kappa shape index (κ3) is 4.48. The van der Waals surface area contributed by atoms with Gasteiger partial charge in [-0.25, -0.2) is 8.78 Å². The fourth-order valence-electron chi connectivity index (χ4n) is 4.17. The summed E-state index contributed by atoms with van der Waals surface area (Å²) in [6, 6.07) is 8.02. The molecule has 1 aromatic carbocycles. The molecule has 0 saturated carbocycles. The Morgan fingerprint density at radius 2 is 1.87 bits per heavy atom. The van der Waals surface area contributed by atoms with Crippen molar-refractivity contribution in [2.45, 2.75) is 37.4 Å². The monoisotopic (exact) mass is 415 g/mol. The summed E-state index contributed by atoms with van der Waals surface area (Å²) in [5.74, 6) is -2.19.